The lowest BCUT2D eigenvalue weighted by Gasteiger charge is -2.26. The maximum absolute atomic E-state index is 12.6. The van der Waals surface area contributed by atoms with E-state index in [-0.39, 0.29) is 11.9 Å². The SMILES string of the molecule is CCCCCN(C(=O)c1cc(NCC)ccn1)C(C)C. The smallest absolute Gasteiger partial charge is 0.272 e. The van der Waals surface area contributed by atoms with E-state index in [2.05, 4.69) is 31.1 Å². The zero-order chi connectivity index (χ0) is 15.0. The molecule has 0 aliphatic heterocycles. The molecule has 1 aromatic heterocycles. The molecular weight excluding hydrogens is 250 g/mol. The van der Waals surface area contributed by atoms with Gasteiger partial charge in [0.1, 0.15) is 5.69 Å². The highest BCUT2D eigenvalue weighted by Gasteiger charge is 2.19. The molecule has 0 saturated heterocycles. The minimum Gasteiger partial charge on any atom is -0.385 e. The molecule has 1 heterocycles. The number of rotatable bonds is 8. The number of amides is 1. The number of aromatic nitrogens is 1. The van der Waals surface area contributed by atoms with Crippen LogP contribution in [-0.4, -0.2) is 34.9 Å². The third kappa shape index (κ3) is 4.83. The fourth-order valence-electron chi connectivity index (χ4n) is 2.14. The van der Waals surface area contributed by atoms with E-state index in [1.54, 1.807) is 6.20 Å². The molecule has 0 bridgehead atoms. The van der Waals surface area contributed by atoms with Crippen molar-refractivity contribution in [1.82, 2.24) is 9.88 Å². The van der Waals surface area contributed by atoms with Gasteiger partial charge in [0.25, 0.3) is 5.91 Å². The number of nitrogens with one attached hydrogen (secondary N) is 1. The van der Waals surface area contributed by atoms with Crippen LogP contribution in [0.5, 0.6) is 0 Å². The van der Waals surface area contributed by atoms with E-state index in [0.717, 1.165) is 38.0 Å². The number of hydrogen-bond donors (Lipinski definition) is 1. The second-order valence-electron chi connectivity index (χ2n) is 5.26. The molecule has 1 rings (SSSR count). The Hall–Kier alpha value is -1.58. The summed E-state index contributed by atoms with van der Waals surface area (Å²) < 4.78 is 0. The lowest BCUT2D eigenvalue weighted by Crippen LogP contribution is -2.38. The normalized spacial score (nSPS) is 10.7. The Morgan fingerprint density at radius 3 is 2.70 bits per heavy atom. The van der Waals surface area contributed by atoms with Gasteiger partial charge in [-0.05, 0) is 39.3 Å². The van der Waals surface area contributed by atoms with Crippen molar-refractivity contribution in [2.75, 3.05) is 18.4 Å². The van der Waals surface area contributed by atoms with Crippen molar-refractivity contribution in [3.05, 3.63) is 24.0 Å². The first-order valence-electron chi connectivity index (χ1n) is 7.61. The number of carbonyl (C=O) groups excluding carboxylic acids is 1. The van der Waals surface area contributed by atoms with Crippen LogP contribution in [-0.2, 0) is 0 Å². The van der Waals surface area contributed by atoms with Crippen molar-refractivity contribution in [2.24, 2.45) is 0 Å². The number of carbonyl (C=O) groups is 1. The van der Waals surface area contributed by atoms with Crippen molar-refractivity contribution in [2.45, 2.75) is 53.0 Å². The van der Waals surface area contributed by atoms with Crippen molar-refractivity contribution >= 4 is 11.6 Å². The molecule has 0 aromatic carbocycles. The fraction of sp³-hybridized carbons (Fsp3) is 0.625. The quantitative estimate of drug-likeness (QED) is 0.739. The Balaban J connectivity index is 2.80. The van der Waals surface area contributed by atoms with Gasteiger partial charge in [-0.25, -0.2) is 0 Å². The average molecular weight is 277 g/mol. The molecule has 1 amide bonds. The van der Waals surface area contributed by atoms with Crippen LogP contribution in [0.2, 0.25) is 0 Å². The summed E-state index contributed by atoms with van der Waals surface area (Å²) in [7, 11) is 0. The first kappa shape index (κ1) is 16.5. The van der Waals surface area contributed by atoms with Gasteiger partial charge in [-0.1, -0.05) is 19.8 Å². The van der Waals surface area contributed by atoms with Crippen LogP contribution in [0.4, 0.5) is 5.69 Å². The van der Waals surface area contributed by atoms with Gasteiger partial charge < -0.3 is 10.2 Å². The summed E-state index contributed by atoms with van der Waals surface area (Å²) in [4.78, 5) is 18.7. The molecule has 0 aliphatic carbocycles. The average Bonchev–Trinajstić information content (AvgIpc) is 2.43. The Morgan fingerprint density at radius 1 is 1.35 bits per heavy atom. The minimum atomic E-state index is 0.0239. The third-order valence-electron chi connectivity index (χ3n) is 3.25. The van der Waals surface area contributed by atoms with Crippen LogP contribution >= 0.6 is 0 Å². The van der Waals surface area contributed by atoms with Crippen LogP contribution < -0.4 is 5.32 Å². The molecule has 0 spiro atoms. The maximum atomic E-state index is 12.6. The monoisotopic (exact) mass is 277 g/mol. The first-order valence-corrected chi connectivity index (χ1v) is 7.61. The first-order chi connectivity index (χ1) is 9.60. The number of unbranched alkanes of at least 4 members (excludes halogenated alkanes) is 2. The molecule has 0 saturated carbocycles. The largest absolute Gasteiger partial charge is 0.385 e. The lowest BCUT2D eigenvalue weighted by molar-refractivity contribution is 0.0696. The van der Waals surface area contributed by atoms with Crippen LogP contribution in [0.15, 0.2) is 18.3 Å². The summed E-state index contributed by atoms with van der Waals surface area (Å²) in [5.41, 5.74) is 1.47. The molecule has 0 radical (unpaired) electrons. The highest BCUT2D eigenvalue weighted by atomic mass is 16.2. The molecule has 0 fully saturated rings. The topological polar surface area (TPSA) is 45.2 Å². The summed E-state index contributed by atoms with van der Waals surface area (Å²) in [6.45, 7) is 9.95. The fourth-order valence-corrected chi connectivity index (χ4v) is 2.14. The molecule has 1 N–H and O–H groups in total. The second kappa shape index (κ2) is 8.56. The predicted octanol–water partition coefficient (Wildman–Crippen LogP) is 3.55. The van der Waals surface area contributed by atoms with Crippen LogP contribution in [0.3, 0.4) is 0 Å². The lowest BCUT2D eigenvalue weighted by atomic mass is 10.2. The third-order valence-corrected chi connectivity index (χ3v) is 3.25. The molecule has 1 aromatic rings. The Kier molecular flexibility index (Phi) is 7.05. The molecule has 0 aliphatic rings. The number of nitrogens with zero attached hydrogens (tertiary/aromatic N) is 2. The van der Waals surface area contributed by atoms with Crippen molar-refractivity contribution in [3.8, 4) is 0 Å². The summed E-state index contributed by atoms with van der Waals surface area (Å²) in [5, 5.41) is 3.21. The Bertz CT molecular complexity index is 418. The van der Waals surface area contributed by atoms with Gasteiger partial charge in [0.05, 0.1) is 0 Å². The molecule has 0 atom stereocenters. The second-order valence-corrected chi connectivity index (χ2v) is 5.26. The summed E-state index contributed by atoms with van der Waals surface area (Å²) in [5.74, 6) is 0.0239. The zero-order valence-electron chi connectivity index (χ0n) is 13.1. The summed E-state index contributed by atoms with van der Waals surface area (Å²) in [6, 6.07) is 3.92. The summed E-state index contributed by atoms with van der Waals surface area (Å²) >= 11 is 0. The van der Waals surface area contributed by atoms with Crippen molar-refractivity contribution in [3.63, 3.8) is 0 Å². The van der Waals surface area contributed by atoms with E-state index >= 15 is 0 Å². The summed E-state index contributed by atoms with van der Waals surface area (Å²) in [6.07, 6.45) is 5.05. The predicted molar refractivity (Wildman–Crippen MR) is 84.1 cm³/mol. The Labute approximate surface area is 122 Å². The molecule has 0 unspecified atom stereocenters. The number of pyridine rings is 1. The van der Waals surface area contributed by atoms with E-state index in [4.69, 9.17) is 0 Å². The maximum Gasteiger partial charge on any atom is 0.272 e. The van der Waals surface area contributed by atoms with Gasteiger partial charge >= 0.3 is 0 Å². The van der Waals surface area contributed by atoms with Gasteiger partial charge in [-0.15, -0.1) is 0 Å². The molecule has 20 heavy (non-hydrogen) atoms. The van der Waals surface area contributed by atoms with E-state index in [9.17, 15) is 4.79 Å². The number of hydrogen-bond acceptors (Lipinski definition) is 3. The van der Waals surface area contributed by atoms with Crippen LogP contribution in [0, 0.1) is 0 Å². The van der Waals surface area contributed by atoms with Gasteiger partial charge in [0.2, 0.25) is 0 Å². The van der Waals surface area contributed by atoms with Crippen LogP contribution in [0.25, 0.3) is 0 Å². The van der Waals surface area contributed by atoms with Crippen molar-refractivity contribution < 1.29 is 4.79 Å². The van der Waals surface area contributed by atoms with Gasteiger partial charge in [-0.3, -0.25) is 9.78 Å². The molecule has 112 valence electrons. The minimum absolute atomic E-state index is 0.0239. The van der Waals surface area contributed by atoms with Gasteiger partial charge in [-0.2, -0.15) is 0 Å². The van der Waals surface area contributed by atoms with Crippen molar-refractivity contribution in [1.29, 1.82) is 0 Å². The zero-order valence-corrected chi connectivity index (χ0v) is 13.1. The van der Waals surface area contributed by atoms with Gasteiger partial charge in [0.15, 0.2) is 0 Å². The van der Waals surface area contributed by atoms with E-state index in [0.29, 0.717) is 5.69 Å². The van der Waals surface area contributed by atoms with Crippen LogP contribution in [0.1, 0.15) is 57.4 Å². The highest BCUT2D eigenvalue weighted by Crippen LogP contribution is 2.13. The molecule has 4 nitrogen and oxygen atoms in total. The molecule has 4 heteroatoms. The molecular formula is C16H27N3O. The van der Waals surface area contributed by atoms with Gasteiger partial charge in [0, 0.05) is 31.0 Å². The van der Waals surface area contributed by atoms with E-state index in [1.165, 1.54) is 0 Å². The van der Waals surface area contributed by atoms with E-state index < -0.39 is 0 Å². The Morgan fingerprint density at radius 2 is 2.10 bits per heavy atom. The number of anilines is 1. The highest BCUT2D eigenvalue weighted by molar-refractivity contribution is 5.93. The standard InChI is InChI=1S/C16H27N3O/c1-5-7-8-11-19(13(3)4)16(20)15-12-14(17-6-2)9-10-18-15/h9-10,12-13H,5-8,11H2,1-4H3,(H,17,18). The van der Waals surface area contributed by atoms with E-state index in [1.807, 2.05) is 24.0 Å².